The minimum Gasteiger partial charge on any atom is -0.462 e. The number of rotatable bonds is 10. The average Bonchev–Trinajstić information content (AvgIpc) is 3.49. The first kappa shape index (κ1) is 33.3. The summed E-state index contributed by atoms with van der Waals surface area (Å²) in [6.45, 7) is 1.89. The summed E-state index contributed by atoms with van der Waals surface area (Å²) in [6.07, 6.45) is 4.69. The number of hydrogen-bond donors (Lipinski definition) is 1. The number of aromatic nitrogens is 2. The van der Waals surface area contributed by atoms with Gasteiger partial charge in [0.15, 0.2) is 5.16 Å². The van der Waals surface area contributed by atoms with Crippen LogP contribution in [-0.2, 0) is 22.4 Å². The largest absolute Gasteiger partial charge is 0.462 e. The molecular formula is C37H29N5O5S2. The van der Waals surface area contributed by atoms with Crippen molar-refractivity contribution in [2.75, 3.05) is 11.9 Å². The van der Waals surface area contributed by atoms with Crippen molar-refractivity contribution in [1.29, 1.82) is 5.26 Å². The van der Waals surface area contributed by atoms with Gasteiger partial charge in [-0.25, -0.2) is 14.8 Å². The highest BCUT2D eigenvalue weighted by molar-refractivity contribution is 7.99. The van der Waals surface area contributed by atoms with Crippen molar-refractivity contribution in [3.8, 4) is 28.6 Å². The molecule has 0 atom stereocenters. The Labute approximate surface area is 290 Å². The number of fused-ring (bicyclic) bond motifs is 1. The first-order chi connectivity index (χ1) is 23.8. The summed E-state index contributed by atoms with van der Waals surface area (Å²) in [7, 11) is 0. The standard InChI is InChI=1S/C37H29N5O5S2/c1-2-47-36(44)33-28-15-9-10-16-32(28)48-35(33)41-34(43)26(22-38)19-25-20-27(42(45)46)17-18-31(25)49-37-39-29(23-11-5-3-6-12-23)21-30(40-37)24-13-7-4-8-14-24/h3-8,11-14,17-21H,2,9-10,15-16H2,1H3,(H,41,43). The van der Waals surface area contributed by atoms with Crippen LogP contribution in [0.25, 0.3) is 28.6 Å². The molecule has 0 unspecified atom stereocenters. The summed E-state index contributed by atoms with van der Waals surface area (Å²) in [5.41, 5.74) is 4.08. The zero-order valence-electron chi connectivity index (χ0n) is 26.3. The topological polar surface area (TPSA) is 148 Å². The highest BCUT2D eigenvalue weighted by Crippen LogP contribution is 2.39. The number of ether oxygens (including phenoxy) is 1. The van der Waals surface area contributed by atoms with Crippen LogP contribution >= 0.6 is 23.1 Å². The maximum Gasteiger partial charge on any atom is 0.341 e. The van der Waals surface area contributed by atoms with Gasteiger partial charge in [-0.2, -0.15) is 5.26 Å². The van der Waals surface area contributed by atoms with Crippen LogP contribution in [-0.4, -0.2) is 33.4 Å². The van der Waals surface area contributed by atoms with Crippen LogP contribution in [0.2, 0.25) is 0 Å². The van der Waals surface area contributed by atoms with Crippen molar-refractivity contribution in [3.05, 3.63) is 122 Å². The fraction of sp³-hybridized carbons (Fsp3) is 0.162. The van der Waals surface area contributed by atoms with Gasteiger partial charge in [0.05, 0.1) is 28.5 Å². The van der Waals surface area contributed by atoms with Gasteiger partial charge in [-0.15, -0.1) is 11.3 Å². The molecule has 1 aliphatic carbocycles. The van der Waals surface area contributed by atoms with Crippen molar-refractivity contribution in [2.24, 2.45) is 0 Å². The molecule has 0 saturated carbocycles. The number of nitriles is 1. The highest BCUT2D eigenvalue weighted by Gasteiger charge is 2.28. The first-order valence-electron chi connectivity index (χ1n) is 15.6. The molecule has 2 aromatic heterocycles. The molecule has 1 N–H and O–H groups in total. The van der Waals surface area contributed by atoms with Gasteiger partial charge >= 0.3 is 5.97 Å². The number of hydrogen-bond acceptors (Lipinski definition) is 10. The molecule has 10 nitrogen and oxygen atoms in total. The van der Waals surface area contributed by atoms with Crippen LogP contribution in [0, 0.1) is 21.4 Å². The Morgan fingerprint density at radius 1 is 1.00 bits per heavy atom. The predicted molar refractivity (Wildman–Crippen MR) is 189 cm³/mol. The fourth-order valence-electron chi connectivity index (χ4n) is 5.49. The zero-order valence-corrected chi connectivity index (χ0v) is 28.0. The van der Waals surface area contributed by atoms with Crippen LogP contribution in [0.4, 0.5) is 10.7 Å². The lowest BCUT2D eigenvalue weighted by Crippen LogP contribution is -2.16. The van der Waals surface area contributed by atoms with Gasteiger partial charge in [-0.3, -0.25) is 14.9 Å². The Balaban J connectivity index is 1.38. The number of carbonyl (C=O) groups is 2. The second-order valence-electron chi connectivity index (χ2n) is 11.0. The van der Waals surface area contributed by atoms with Gasteiger partial charge in [-0.1, -0.05) is 60.7 Å². The van der Waals surface area contributed by atoms with Crippen LogP contribution < -0.4 is 5.32 Å². The van der Waals surface area contributed by atoms with E-state index in [1.54, 1.807) is 13.0 Å². The average molecular weight is 688 g/mol. The number of aryl methyl sites for hydroxylation is 1. The quantitative estimate of drug-likeness (QED) is 0.0381. The minimum absolute atomic E-state index is 0.179. The van der Waals surface area contributed by atoms with Gasteiger partial charge in [0.1, 0.15) is 16.6 Å². The summed E-state index contributed by atoms with van der Waals surface area (Å²) in [5, 5.41) is 25.3. The van der Waals surface area contributed by atoms with Gasteiger partial charge in [0.2, 0.25) is 0 Å². The number of nitrogens with zero attached hydrogens (tertiary/aromatic N) is 4. The predicted octanol–water partition coefficient (Wildman–Crippen LogP) is 8.53. The summed E-state index contributed by atoms with van der Waals surface area (Å²) in [5.74, 6) is -1.27. The number of amides is 1. The molecule has 0 saturated heterocycles. The number of thiophene rings is 1. The molecule has 0 fully saturated rings. The van der Waals surface area contributed by atoms with Crippen molar-refractivity contribution in [3.63, 3.8) is 0 Å². The second kappa shape index (κ2) is 15.1. The van der Waals surface area contributed by atoms with E-state index in [2.05, 4.69) is 5.32 Å². The lowest BCUT2D eigenvalue weighted by molar-refractivity contribution is -0.384. The summed E-state index contributed by atoms with van der Waals surface area (Å²) in [6, 6.07) is 27.3. The molecule has 12 heteroatoms. The smallest absolute Gasteiger partial charge is 0.341 e. The number of anilines is 1. The molecular weight excluding hydrogens is 659 g/mol. The minimum atomic E-state index is -0.747. The van der Waals surface area contributed by atoms with E-state index in [-0.39, 0.29) is 23.4 Å². The van der Waals surface area contributed by atoms with Crippen LogP contribution in [0.15, 0.2) is 101 Å². The Kier molecular flexibility index (Phi) is 10.2. The molecule has 244 valence electrons. The molecule has 2 heterocycles. The molecule has 49 heavy (non-hydrogen) atoms. The Morgan fingerprint density at radius 2 is 1.65 bits per heavy atom. The van der Waals surface area contributed by atoms with Gasteiger partial charge in [-0.05, 0) is 73.7 Å². The monoisotopic (exact) mass is 687 g/mol. The Bertz CT molecular complexity index is 2070. The van der Waals surface area contributed by atoms with Gasteiger partial charge in [0.25, 0.3) is 11.6 Å². The second-order valence-corrected chi connectivity index (χ2v) is 13.1. The van der Waals surface area contributed by atoms with Gasteiger partial charge in [0, 0.05) is 33.0 Å². The molecule has 3 aromatic carbocycles. The first-order valence-corrected chi connectivity index (χ1v) is 17.2. The number of nitrogens with one attached hydrogen (secondary N) is 1. The normalized spacial score (nSPS) is 12.4. The Morgan fingerprint density at radius 3 is 2.27 bits per heavy atom. The van der Waals surface area contributed by atoms with Crippen molar-refractivity contribution < 1.29 is 19.2 Å². The lowest BCUT2D eigenvalue weighted by Gasteiger charge is -2.12. The molecule has 5 aromatic rings. The number of benzene rings is 3. The van der Waals surface area contributed by atoms with E-state index in [4.69, 9.17) is 14.7 Å². The Hall–Kier alpha value is -5.64. The van der Waals surface area contributed by atoms with Crippen LogP contribution in [0.3, 0.4) is 0 Å². The zero-order chi connectivity index (χ0) is 34.3. The lowest BCUT2D eigenvalue weighted by atomic mass is 9.95. The van der Waals surface area contributed by atoms with Crippen LogP contribution in [0.5, 0.6) is 0 Å². The number of carbonyl (C=O) groups excluding carboxylic acids is 2. The van der Waals surface area contributed by atoms with E-state index in [0.717, 1.165) is 52.6 Å². The van der Waals surface area contributed by atoms with Crippen molar-refractivity contribution in [2.45, 2.75) is 42.7 Å². The third kappa shape index (κ3) is 7.59. The van der Waals surface area contributed by atoms with E-state index in [9.17, 15) is 25.0 Å². The molecule has 0 spiro atoms. The number of nitro groups is 1. The van der Waals surface area contributed by atoms with E-state index >= 15 is 0 Å². The fourth-order valence-corrected chi connectivity index (χ4v) is 7.61. The number of esters is 1. The molecule has 1 amide bonds. The number of non-ortho nitro benzene ring substituents is 1. The molecule has 1 aliphatic rings. The third-order valence-electron chi connectivity index (χ3n) is 7.79. The van der Waals surface area contributed by atoms with E-state index in [1.807, 2.05) is 72.8 Å². The maximum atomic E-state index is 13.6. The SMILES string of the molecule is CCOC(=O)c1c(NC(=O)C(C#N)=Cc2cc([N+](=O)[O-])ccc2Sc2nc(-c3ccccc3)cc(-c3ccccc3)n2)sc2c1CCCC2. The number of nitro benzene ring substituents is 1. The van der Waals surface area contributed by atoms with E-state index in [0.29, 0.717) is 38.4 Å². The van der Waals surface area contributed by atoms with Crippen LogP contribution in [0.1, 0.15) is 46.1 Å². The van der Waals surface area contributed by atoms with E-state index in [1.165, 1.54) is 29.5 Å². The molecule has 0 bridgehead atoms. The summed E-state index contributed by atoms with van der Waals surface area (Å²) < 4.78 is 5.30. The maximum absolute atomic E-state index is 13.6. The van der Waals surface area contributed by atoms with Gasteiger partial charge < -0.3 is 10.1 Å². The molecule has 0 aliphatic heterocycles. The summed E-state index contributed by atoms with van der Waals surface area (Å²) >= 11 is 2.47. The highest BCUT2D eigenvalue weighted by atomic mass is 32.2. The summed E-state index contributed by atoms with van der Waals surface area (Å²) in [4.78, 5) is 48.8. The molecule has 0 radical (unpaired) electrons. The van der Waals surface area contributed by atoms with Crippen molar-refractivity contribution >= 4 is 51.7 Å². The van der Waals surface area contributed by atoms with Crippen molar-refractivity contribution in [1.82, 2.24) is 9.97 Å². The van der Waals surface area contributed by atoms with E-state index < -0.39 is 16.8 Å². The molecule has 6 rings (SSSR count). The third-order valence-corrected chi connectivity index (χ3v) is 9.96.